The number of amides is 1. The molecule has 7 heteroatoms. The van der Waals surface area contributed by atoms with E-state index < -0.39 is 6.17 Å². The topological polar surface area (TPSA) is 80.1 Å². The molecule has 35 heavy (non-hydrogen) atoms. The number of benzene rings is 2. The normalized spacial score (nSPS) is 15.7. The van der Waals surface area contributed by atoms with Crippen molar-refractivity contribution in [2.24, 2.45) is 5.73 Å². The van der Waals surface area contributed by atoms with Gasteiger partial charge in [0.05, 0.1) is 26.9 Å². The second kappa shape index (κ2) is 13.3. The maximum absolute atomic E-state index is 12.6. The molecule has 0 saturated carbocycles. The van der Waals surface area contributed by atoms with Crippen LogP contribution in [0.2, 0.25) is 0 Å². The Hall–Kier alpha value is -2.87. The highest BCUT2D eigenvalue weighted by atomic mass is 16.5. The first-order chi connectivity index (χ1) is 16.9. The quantitative estimate of drug-likeness (QED) is 0.480. The first-order valence-corrected chi connectivity index (χ1v) is 12.4. The zero-order chi connectivity index (χ0) is 25.2. The van der Waals surface area contributed by atoms with Gasteiger partial charge in [-0.15, -0.1) is 0 Å². The molecule has 2 aromatic rings. The summed E-state index contributed by atoms with van der Waals surface area (Å²) in [6.07, 6.45) is 2.50. The maximum Gasteiger partial charge on any atom is 0.239 e. The summed E-state index contributed by atoms with van der Waals surface area (Å²) >= 11 is 0. The number of methoxy groups -OCH3 is 1. The number of hydrogen-bond donors (Lipinski definition) is 2. The van der Waals surface area contributed by atoms with E-state index >= 15 is 0 Å². The summed E-state index contributed by atoms with van der Waals surface area (Å²) in [4.78, 5) is 16.9. The van der Waals surface area contributed by atoms with Crippen LogP contribution in [0.25, 0.3) is 5.57 Å². The molecule has 1 atom stereocenters. The van der Waals surface area contributed by atoms with Crippen molar-refractivity contribution in [1.82, 2.24) is 15.1 Å². The van der Waals surface area contributed by atoms with Gasteiger partial charge in [0.25, 0.3) is 0 Å². The van der Waals surface area contributed by atoms with E-state index in [-0.39, 0.29) is 18.5 Å². The number of rotatable bonds is 11. The molecule has 0 bridgehead atoms. The van der Waals surface area contributed by atoms with Crippen LogP contribution in [-0.2, 0) is 16.0 Å². The number of carbonyl (C=O) groups excluding carboxylic acids is 1. The molecular formula is C28H40N4O3. The molecule has 3 rings (SSSR count). The summed E-state index contributed by atoms with van der Waals surface area (Å²) in [7, 11) is 1.63. The van der Waals surface area contributed by atoms with E-state index in [1.165, 1.54) is 5.56 Å². The predicted octanol–water partition coefficient (Wildman–Crippen LogP) is 3.41. The molecule has 1 saturated heterocycles. The lowest BCUT2D eigenvalue weighted by molar-refractivity contribution is -0.122. The highest BCUT2D eigenvalue weighted by Gasteiger charge is 2.18. The van der Waals surface area contributed by atoms with Crippen molar-refractivity contribution in [1.29, 1.82) is 0 Å². The summed E-state index contributed by atoms with van der Waals surface area (Å²) in [6.45, 7) is 10.8. The van der Waals surface area contributed by atoms with Crippen LogP contribution < -0.4 is 15.8 Å². The van der Waals surface area contributed by atoms with Gasteiger partial charge in [-0.05, 0) is 61.6 Å². The largest absolute Gasteiger partial charge is 0.497 e. The molecule has 0 radical (unpaired) electrons. The van der Waals surface area contributed by atoms with Gasteiger partial charge < -0.3 is 25.4 Å². The van der Waals surface area contributed by atoms with Gasteiger partial charge in [0.1, 0.15) is 11.9 Å². The molecule has 1 fully saturated rings. The van der Waals surface area contributed by atoms with Gasteiger partial charge in [0.2, 0.25) is 5.91 Å². The van der Waals surface area contributed by atoms with E-state index in [0.29, 0.717) is 0 Å². The highest BCUT2D eigenvalue weighted by molar-refractivity contribution is 5.78. The number of nitrogens with zero attached hydrogens (tertiary/aromatic N) is 2. The molecular weight excluding hydrogens is 440 g/mol. The first-order valence-electron chi connectivity index (χ1n) is 12.4. The molecule has 190 valence electrons. The van der Waals surface area contributed by atoms with Crippen molar-refractivity contribution < 1.29 is 14.3 Å². The number of nitrogens with two attached hydrogens (primary N) is 1. The average molecular weight is 481 g/mol. The SMILES string of the molecule is COc1cccc(C(N)N(/C=C(\C)c2ccc(CCN3CCOCC3)cc2)CC(=O)NC(C)C)c1. The van der Waals surface area contributed by atoms with Gasteiger partial charge in [-0.3, -0.25) is 9.69 Å². The van der Waals surface area contributed by atoms with Crippen LogP contribution in [0.5, 0.6) is 5.75 Å². The van der Waals surface area contributed by atoms with Gasteiger partial charge in [-0.2, -0.15) is 0 Å². The Bertz CT molecular complexity index is 968. The second-order valence-corrected chi connectivity index (χ2v) is 9.33. The number of hydrogen-bond acceptors (Lipinski definition) is 6. The fraction of sp³-hybridized carbons (Fsp3) is 0.464. The predicted molar refractivity (Wildman–Crippen MR) is 141 cm³/mol. The molecule has 2 aromatic carbocycles. The van der Waals surface area contributed by atoms with Gasteiger partial charge in [0.15, 0.2) is 0 Å². The fourth-order valence-electron chi connectivity index (χ4n) is 4.14. The van der Waals surface area contributed by atoms with Gasteiger partial charge >= 0.3 is 0 Å². The molecule has 3 N–H and O–H groups in total. The minimum atomic E-state index is -0.495. The Morgan fingerprint density at radius 3 is 2.57 bits per heavy atom. The lowest BCUT2D eigenvalue weighted by Gasteiger charge is -2.29. The van der Waals surface area contributed by atoms with Crippen LogP contribution in [0.4, 0.5) is 0 Å². The Labute approximate surface area is 209 Å². The molecule has 0 aliphatic carbocycles. The molecule has 7 nitrogen and oxygen atoms in total. The molecule has 0 aromatic heterocycles. The fourth-order valence-corrected chi connectivity index (χ4v) is 4.14. The van der Waals surface area contributed by atoms with Crippen LogP contribution in [0.15, 0.2) is 54.7 Å². The van der Waals surface area contributed by atoms with Crippen molar-refractivity contribution in [3.05, 3.63) is 71.4 Å². The Kier molecular flexibility index (Phi) is 10.1. The van der Waals surface area contributed by atoms with Crippen molar-refractivity contribution in [3.8, 4) is 5.75 Å². The van der Waals surface area contributed by atoms with Crippen molar-refractivity contribution in [2.45, 2.75) is 39.4 Å². The smallest absolute Gasteiger partial charge is 0.239 e. The summed E-state index contributed by atoms with van der Waals surface area (Å²) < 4.78 is 10.8. The van der Waals surface area contributed by atoms with Crippen molar-refractivity contribution in [3.63, 3.8) is 0 Å². The lowest BCUT2D eigenvalue weighted by Crippen LogP contribution is -2.41. The van der Waals surface area contributed by atoms with Crippen molar-refractivity contribution in [2.75, 3.05) is 46.5 Å². The molecule has 1 aliphatic heterocycles. The monoisotopic (exact) mass is 480 g/mol. The van der Waals surface area contributed by atoms with Gasteiger partial charge in [-0.25, -0.2) is 0 Å². The minimum Gasteiger partial charge on any atom is -0.497 e. The average Bonchev–Trinajstić information content (AvgIpc) is 2.87. The molecule has 1 amide bonds. The molecule has 1 aliphatic rings. The van der Waals surface area contributed by atoms with Crippen LogP contribution in [0, 0.1) is 0 Å². The van der Waals surface area contributed by atoms with E-state index in [4.69, 9.17) is 15.2 Å². The third kappa shape index (κ3) is 8.38. The zero-order valence-corrected chi connectivity index (χ0v) is 21.5. The zero-order valence-electron chi connectivity index (χ0n) is 21.5. The summed E-state index contributed by atoms with van der Waals surface area (Å²) in [5.74, 6) is 0.666. The summed E-state index contributed by atoms with van der Waals surface area (Å²) in [6, 6.07) is 16.4. The molecule has 0 spiro atoms. The summed E-state index contributed by atoms with van der Waals surface area (Å²) in [5.41, 5.74) is 11.0. The van der Waals surface area contributed by atoms with E-state index in [9.17, 15) is 4.79 Å². The third-order valence-corrected chi connectivity index (χ3v) is 6.16. The number of nitrogens with one attached hydrogen (secondary N) is 1. The summed E-state index contributed by atoms with van der Waals surface area (Å²) in [5, 5.41) is 2.96. The Morgan fingerprint density at radius 1 is 1.20 bits per heavy atom. The van der Waals surface area contributed by atoms with Crippen LogP contribution >= 0.6 is 0 Å². The number of allylic oxidation sites excluding steroid dienone is 1. The maximum atomic E-state index is 12.6. The Balaban J connectivity index is 1.73. The van der Waals surface area contributed by atoms with Crippen LogP contribution in [0.3, 0.4) is 0 Å². The minimum absolute atomic E-state index is 0.0625. The third-order valence-electron chi connectivity index (χ3n) is 6.16. The number of carbonyl (C=O) groups is 1. The highest BCUT2D eigenvalue weighted by Crippen LogP contribution is 2.23. The van der Waals surface area contributed by atoms with Crippen molar-refractivity contribution >= 4 is 11.5 Å². The van der Waals surface area contributed by atoms with E-state index in [0.717, 1.165) is 61.7 Å². The first kappa shape index (κ1) is 26.7. The van der Waals surface area contributed by atoms with E-state index in [1.807, 2.05) is 56.1 Å². The number of ether oxygens (including phenoxy) is 2. The Morgan fingerprint density at radius 2 is 1.91 bits per heavy atom. The standard InChI is InChI=1S/C28H40N4O3/c1-21(2)30-27(33)20-32(28(29)25-6-5-7-26(18-25)34-4)19-22(3)24-10-8-23(9-11-24)12-13-31-14-16-35-17-15-31/h5-11,18-19,21,28H,12-17,20,29H2,1-4H3,(H,30,33)/b22-19+. The van der Waals surface area contributed by atoms with E-state index in [1.54, 1.807) is 7.11 Å². The van der Waals surface area contributed by atoms with E-state index in [2.05, 4.69) is 34.5 Å². The van der Waals surface area contributed by atoms with Gasteiger partial charge in [-0.1, -0.05) is 36.4 Å². The van der Waals surface area contributed by atoms with Gasteiger partial charge in [0, 0.05) is 31.9 Å². The van der Waals surface area contributed by atoms with Crippen LogP contribution in [0.1, 0.15) is 43.6 Å². The molecule has 1 heterocycles. The molecule has 1 unspecified atom stereocenters. The number of morpholine rings is 1. The van der Waals surface area contributed by atoms with Crippen LogP contribution in [-0.4, -0.2) is 68.3 Å². The second-order valence-electron chi connectivity index (χ2n) is 9.33. The lowest BCUT2D eigenvalue weighted by atomic mass is 10.0.